The summed E-state index contributed by atoms with van der Waals surface area (Å²) < 4.78 is 22.1. The first-order valence-corrected chi connectivity index (χ1v) is 7.04. The van der Waals surface area contributed by atoms with Gasteiger partial charge >= 0.3 is 0 Å². The fourth-order valence-corrected chi connectivity index (χ4v) is 3.89. The van der Waals surface area contributed by atoms with Crippen LogP contribution in [0.2, 0.25) is 0 Å². The van der Waals surface area contributed by atoms with Crippen LogP contribution in [-0.2, 0) is 9.05 Å². The van der Waals surface area contributed by atoms with Crippen LogP contribution in [0.25, 0.3) is 0 Å². The van der Waals surface area contributed by atoms with E-state index >= 15 is 0 Å². The summed E-state index contributed by atoms with van der Waals surface area (Å²) in [7, 11) is 1.73. The lowest BCUT2D eigenvalue weighted by Gasteiger charge is -2.05. The van der Waals surface area contributed by atoms with Gasteiger partial charge in [-0.3, -0.25) is 0 Å². The van der Waals surface area contributed by atoms with Crippen LogP contribution in [0.1, 0.15) is 26.2 Å². The first-order chi connectivity index (χ1) is 5.54. The number of thioether (sulfide) groups is 1. The zero-order valence-corrected chi connectivity index (χ0v) is 9.18. The minimum Gasteiger partial charge on any atom is -0.206 e. The molecule has 0 saturated carbocycles. The monoisotopic (exact) mass is 226 g/mol. The molecule has 1 aliphatic rings. The highest BCUT2D eigenvalue weighted by Gasteiger charge is 2.24. The molecule has 0 N–H and O–H groups in total. The molecule has 1 atom stereocenters. The number of halogens is 1. The Kier molecular flexibility index (Phi) is 3.49. The van der Waals surface area contributed by atoms with Gasteiger partial charge in [-0.25, -0.2) is 8.42 Å². The Labute approximate surface area is 81.8 Å². The van der Waals surface area contributed by atoms with Gasteiger partial charge in [0.1, 0.15) is 4.24 Å². The molecule has 1 rings (SSSR count). The van der Waals surface area contributed by atoms with Crippen LogP contribution in [0.3, 0.4) is 0 Å². The molecule has 5 heteroatoms. The molecule has 0 bridgehead atoms. The Morgan fingerprint density at radius 3 is 2.83 bits per heavy atom. The zero-order valence-electron chi connectivity index (χ0n) is 6.79. The highest BCUT2D eigenvalue weighted by molar-refractivity contribution is 8.29. The fraction of sp³-hybridized carbons (Fsp3) is 0.714. The number of allylic oxidation sites excluding steroid dienone is 1. The van der Waals surface area contributed by atoms with Crippen molar-refractivity contribution in [3.8, 4) is 0 Å². The largest absolute Gasteiger partial charge is 0.266 e. The minimum absolute atomic E-state index is 0.336. The van der Waals surface area contributed by atoms with Crippen molar-refractivity contribution >= 4 is 31.5 Å². The van der Waals surface area contributed by atoms with E-state index in [1.165, 1.54) is 11.8 Å². The van der Waals surface area contributed by atoms with E-state index in [2.05, 4.69) is 6.92 Å². The summed E-state index contributed by atoms with van der Waals surface area (Å²) in [5, 5.41) is 0.415. The minimum atomic E-state index is -3.46. The third-order valence-corrected chi connectivity index (χ3v) is 5.21. The van der Waals surface area contributed by atoms with E-state index in [9.17, 15) is 8.42 Å². The summed E-state index contributed by atoms with van der Waals surface area (Å²) in [6.45, 7) is 2.09. The van der Waals surface area contributed by atoms with Crippen molar-refractivity contribution in [1.82, 2.24) is 0 Å². The van der Waals surface area contributed by atoms with Gasteiger partial charge in [0, 0.05) is 15.9 Å². The van der Waals surface area contributed by atoms with Crippen molar-refractivity contribution in [3.63, 3.8) is 0 Å². The molecule has 1 aliphatic heterocycles. The summed E-state index contributed by atoms with van der Waals surface area (Å²) in [6.07, 6.45) is 4.69. The average Bonchev–Trinajstić information content (AvgIpc) is 2.35. The quantitative estimate of drug-likeness (QED) is 0.694. The highest BCUT2D eigenvalue weighted by atomic mass is 35.7. The van der Waals surface area contributed by atoms with Gasteiger partial charge in [-0.15, -0.1) is 11.8 Å². The second-order valence-electron chi connectivity index (χ2n) is 2.73. The molecule has 0 saturated heterocycles. The normalized spacial score (nSPS) is 24.2. The van der Waals surface area contributed by atoms with E-state index in [0.717, 1.165) is 19.3 Å². The molecule has 1 heterocycles. The Balaban J connectivity index is 2.55. The number of rotatable bonds is 3. The van der Waals surface area contributed by atoms with Crippen molar-refractivity contribution < 1.29 is 8.42 Å². The average molecular weight is 227 g/mol. The van der Waals surface area contributed by atoms with Crippen molar-refractivity contribution in [2.45, 2.75) is 31.4 Å². The smallest absolute Gasteiger partial charge is 0.206 e. The third-order valence-electron chi connectivity index (χ3n) is 1.68. The summed E-state index contributed by atoms with van der Waals surface area (Å²) >= 11 is 1.38. The molecular formula is C7H11ClO2S2. The second kappa shape index (κ2) is 4.03. The van der Waals surface area contributed by atoms with E-state index in [1.54, 1.807) is 6.08 Å². The van der Waals surface area contributed by atoms with Gasteiger partial charge in [0.05, 0.1) is 0 Å². The van der Waals surface area contributed by atoms with Crippen LogP contribution in [-0.4, -0.2) is 13.7 Å². The predicted octanol–water partition coefficient (Wildman–Crippen LogP) is 2.70. The van der Waals surface area contributed by atoms with E-state index < -0.39 is 9.05 Å². The summed E-state index contributed by atoms with van der Waals surface area (Å²) in [5.41, 5.74) is 0. The maximum Gasteiger partial charge on any atom is 0.266 e. The molecule has 0 radical (unpaired) electrons. The van der Waals surface area contributed by atoms with Crippen molar-refractivity contribution in [3.05, 3.63) is 10.3 Å². The van der Waals surface area contributed by atoms with E-state index in [0.29, 0.717) is 9.49 Å². The lowest BCUT2D eigenvalue weighted by molar-refractivity contribution is 0.616. The predicted molar refractivity (Wildman–Crippen MR) is 53.8 cm³/mol. The Bertz CT molecular complexity index is 282. The highest BCUT2D eigenvalue weighted by Crippen LogP contribution is 2.39. The molecule has 0 amide bonds. The topological polar surface area (TPSA) is 34.1 Å². The lowest BCUT2D eigenvalue weighted by Crippen LogP contribution is -1.96. The lowest BCUT2D eigenvalue weighted by atomic mass is 10.2. The second-order valence-corrected chi connectivity index (χ2v) is 6.86. The molecule has 0 fully saturated rings. The molecular weight excluding hydrogens is 216 g/mol. The Hall–Kier alpha value is 0.330. The van der Waals surface area contributed by atoms with E-state index in [1.807, 2.05) is 0 Å². The van der Waals surface area contributed by atoms with Crippen LogP contribution in [0.4, 0.5) is 0 Å². The van der Waals surface area contributed by atoms with Crippen LogP contribution >= 0.6 is 22.4 Å². The number of hydrogen-bond donors (Lipinski definition) is 0. The van der Waals surface area contributed by atoms with Gasteiger partial charge < -0.3 is 0 Å². The van der Waals surface area contributed by atoms with Gasteiger partial charge in [0.15, 0.2) is 0 Å². The van der Waals surface area contributed by atoms with Gasteiger partial charge in [-0.1, -0.05) is 19.4 Å². The van der Waals surface area contributed by atoms with E-state index in [4.69, 9.17) is 10.7 Å². The van der Waals surface area contributed by atoms with Crippen LogP contribution in [0.15, 0.2) is 10.3 Å². The van der Waals surface area contributed by atoms with Gasteiger partial charge in [0.25, 0.3) is 9.05 Å². The molecule has 0 aromatic rings. The summed E-state index contributed by atoms with van der Waals surface area (Å²) in [5.74, 6) is 0. The van der Waals surface area contributed by atoms with Gasteiger partial charge in [0.2, 0.25) is 0 Å². The fourth-order valence-electron chi connectivity index (χ4n) is 1.14. The Morgan fingerprint density at radius 2 is 2.42 bits per heavy atom. The molecule has 0 spiro atoms. The standard InChI is InChI=1S/C7H11ClO2S2/c1-2-3-6-4-5-7(11-6)12(8,9)10/h5-6H,2-4H2,1H3. The zero-order chi connectivity index (χ0) is 9.19. The molecule has 0 aromatic carbocycles. The first kappa shape index (κ1) is 10.4. The summed E-state index contributed by atoms with van der Waals surface area (Å²) in [4.78, 5) is 0. The van der Waals surface area contributed by atoms with Crippen molar-refractivity contribution in [1.29, 1.82) is 0 Å². The molecule has 0 aromatic heterocycles. The maximum atomic E-state index is 10.9. The molecule has 12 heavy (non-hydrogen) atoms. The maximum absolute atomic E-state index is 10.9. The third kappa shape index (κ3) is 2.68. The van der Waals surface area contributed by atoms with Crippen molar-refractivity contribution in [2.24, 2.45) is 0 Å². The van der Waals surface area contributed by atoms with Crippen molar-refractivity contribution in [2.75, 3.05) is 0 Å². The number of hydrogen-bond acceptors (Lipinski definition) is 3. The molecule has 70 valence electrons. The van der Waals surface area contributed by atoms with Gasteiger partial charge in [-0.05, 0) is 12.8 Å². The Morgan fingerprint density at radius 1 is 1.75 bits per heavy atom. The van der Waals surface area contributed by atoms with Crippen LogP contribution in [0, 0.1) is 0 Å². The van der Waals surface area contributed by atoms with Crippen LogP contribution in [0.5, 0.6) is 0 Å². The molecule has 2 nitrogen and oxygen atoms in total. The van der Waals surface area contributed by atoms with E-state index in [-0.39, 0.29) is 0 Å². The molecule has 0 aliphatic carbocycles. The molecule has 1 unspecified atom stereocenters. The van der Waals surface area contributed by atoms with Gasteiger partial charge in [-0.2, -0.15) is 0 Å². The SMILES string of the molecule is CCCC1CC=C(S(=O)(=O)Cl)S1. The first-order valence-electron chi connectivity index (χ1n) is 3.85. The van der Waals surface area contributed by atoms with Crippen LogP contribution < -0.4 is 0 Å². The summed E-state index contributed by atoms with van der Waals surface area (Å²) in [6, 6.07) is 0.